The summed E-state index contributed by atoms with van der Waals surface area (Å²) in [6, 6.07) is 3.64. The van der Waals surface area contributed by atoms with Gasteiger partial charge in [-0.15, -0.1) is 5.10 Å². The summed E-state index contributed by atoms with van der Waals surface area (Å²) in [5.41, 5.74) is 1.52. The first-order valence-electron chi connectivity index (χ1n) is 6.07. The topological polar surface area (TPSA) is 64.9 Å². The van der Waals surface area contributed by atoms with Gasteiger partial charge in [0.2, 0.25) is 0 Å². The minimum atomic E-state index is 0.497. The SMILES string of the molecule is COCCNCc1nnnn1-c1c(Cl)ccc(C)c1Cl. The van der Waals surface area contributed by atoms with Crippen LogP contribution in [0.5, 0.6) is 0 Å². The van der Waals surface area contributed by atoms with Gasteiger partial charge in [-0.3, -0.25) is 0 Å². The number of hydrogen-bond acceptors (Lipinski definition) is 5. The van der Waals surface area contributed by atoms with E-state index in [1.807, 2.05) is 13.0 Å². The Labute approximate surface area is 127 Å². The lowest BCUT2D eigenvalue weighted by molar-refractivity contribution is 0.199. The summed E-state index contributed by atoms with van der Waals surface area (Å²) in [4.78, 5) is 0. The molecule has 0 radical (unpaired) electrons. The smallest absolute Gasteiger partial charge is 0.170 e. The largest absolute Gasteiger partial charge is 0.383 e. The van der Waals surface area contributed by atoms with Crippen LogP contribution < -0.4 is 5.32 Å². The zero-order chi connectivity index (χ0) is 14.5. The van der Waals surface area contributed by atoms with Crippen LogP contribution in [0.4, 0.5) is 0 Å². The molecule has 1 aromatic carbocycles. The monoisotopic (exact) mass is 315 g/mol. The Hall–Kier alpha value is -1.21. The van der Waals surface area contributed by atoms with Crippen molar-refractivity contribution in [1.29, 1.82) is 0 Å². The second-order valence-corrected chi connectivity index (χ2v) is 4.99. The van der Waals surface area contributed by atoms with Gasteiger partial charge >= 0.3 is 0 Å². The Kier molecular flexibility index (Phi) is 5.31. The Morgan fingerprint density at radius 3 is 2.90 bits per heavy atom. The lowest BCUT2D eigenvalue weighted by atomic mass is 10.2. The molecule has 0 saturated heterocycles. The lowest BCUT2D eigenvalue weighted by Crippen LogP contribution is -2.21. The molecule has 1 aromatic heterocycles. The van der Waals surface area contributed by atoms with Crippen LogP contribution in [0.15, 0.2) is 12.1 Å². The first-order valence-corrected chi connectivity index (χ1v) is 6.82. The Morgan fingerprint density at radius 2 is 2.15 bits per heavy atom. The molecule has 108 valence electrons. The number of halogens is 2. The fourth-order valence-corrected chi connectivity index (χ4v) is 2.23. The van der Waals surface area contributed by atoms with Crippen molar-refractivity contribution in [3.05, 3.63) is 33.6 Å². The van der Waals surface area contributed by atoms with Gasteiger partial charge in [0.1, 0.15) is 5.69 Å². The number of nitrogens with one attached hydrogen (secondary N) is 1. The summed E-state index contributed by atoms with van der Waals surface area (Å²) >= 11 is 12.5. The molecule has 0 fully saturated rings. The number of nitrogens with zero attached hydrogens (tertiary/aromatic N) is 4. The number of benzene rings is 1. The molecule has 1 N–H and O–H groups in total. The molecule has 0 unspecified atom stereocenters. The summed E-state index contributed by atoms with van der Waals surface area (Å²) in [6.07, 6.45) is 0. The van der Waals surface area contributed by atoms with E-state index < -0.39 is 0 Å². The highest BCUT2D eigenvalue weighted by Gasteiger charge is 2.16. The van der Waals surface area contributed by atoms with Crippen molar-refractivity contribution in [3.63, 3.8) is 0 Å². The highest BCUT2D eigenvalue weighted by Crippen LogP contribution is 2.31. The molecule has 0 amide bonds. The second-order valence-electron chi connectivity index (χ2n) is 4.20. The maximum Gasteiger partial charge on any atom is 0.170 e. The molecule has 20 heavy (non-hydrogen) atoms. The van der Waals surface area contributed by atoms with Gasteiger partial charge in [0.25, 0.3) is 0 Å². The maximum atomic E-state index is 6.30. The minimum Gasteiger partial charge on any atom is -0.383 e. The molecule has 0 saturated carbocycles. The maximum absolute atomic E-state index is 6.30. The molecule has 0 aliphatic heterocycles. The van der Waals surface area contributed by atoms with Crippen LogP contribution in [0.25, 0.3) is 5.69 Å². The number of aromatic nitrogens is 4. The van der Waals surface area contributed by atoms with Crippen LogP contribution in [-0.2, 0) is 11.3 Å². The summed E-state index contributed by atoms with van der Waals surface area (Å²) < 4.78 is 6.52. The van der Waals surface area contributed by atoms with Crippen molar-refractivity contribution in [3.8, 4) is 5.69 Å². The number of tetrazole rings is 1. The molecule has 0 bridgehead atoms. The van der Waals surface area contributed by atoms with E-state index in [0.29, 0.717) is 41.3 Å². The number of rotatable bonds is 6. The van der Waals surface area contributed by atoms with Crippen molar-refractivity contribution >= 4 is 23.2 Å². The molecular formula is C12H15Cl2N5O. The van der Waals surface area contributed by atoms with Gasteiger partial charge in [-0.1, -0.05) is 29.3 Å². The quantitative estimate of drug-likeness (QED) is 0.826. The van der Waals surface area contributed by atoms with Crippen molar-refractivity contribution in [2.24, 2.45) is 0 Å². The van der Waals surface area contributed by atoms with E-state index in [-0.39, 0.29) is 0 Å². The van der Waals surface area contributed by atoms with Gasteiger partial charge in [0.15, 0.2) is 5.82 Å². The molecule has 6 nitrogen and oxygen atoms in total. The Bertz CT molecular complexity index is 587. The number of ether oxygens (including phenoxy) is 1. The van der Waals surface area contributed by atoms with Gasteiger partial charge in [-0.05, 0) is 29.0 Å². The molecule has 2 rings (SSSR count). The predicted octanol–water partition coefficient (Wildman–Crippen LogP) is 2.01. The van der Waals surface area contributed by atoms with Crippen molar-refractivity contribution in [2.75, 3.05) is 20.3 Å². The molecule has 0 aliphatic rings. The van der Waals surface area contributed by atoms with E-state index in [2.05, 4.69) is 20.8 Å². The van der Waals surface area contributed by atoms with Gasteiger partial charge < -0.3 is 10.1 Å². The highest BCUT2D eigenvalue weighted by molar-refractivity contribution is 6.38. The fourth-order valence-electron chi connectivity index (χ4n) is 1.70. The van der Waals surface area contributed by atoms with Gasteiger partial charge in [-0.2, -0.15) is 4.68 Å². The molecule has 0 aliphatic carbocycles. The zero-order valence-electron chi connectivity index (χ0n) is 11.2. The first-order chi connectivity index (χ1) is 9.65. The van der Waals surface area contributed by atoms with E-state index in [1.54, 1.807) is 17.9 Å². The van der Waals surface area contributed by atoms with Gasteiger partial charge in [-0.25, -0.2) is 0 Å². The van der Waals surface area contributed by atoms with E-state index in [1.165, 1.54) is 0 Å². The Balaban J connectivity index is 2.26. The third-order valence-corrected chi connectivity index (χ3v) is 3.55. The van der Waals surface area contributed by atoms with Gasteiger partial charge in [0.05, 0.1) is 23.2 Å². The molecule has 2 aromatic rings. The van der Waals surface area contributed by atoms with Gasteiger partial charge in [0, 0.05) is 13.7 Å². The number of hydrogen-bond donors (Lipinski definition) is 1. The minimum absolute atomic E-state index is 0.497. The van der Waals surface area contributed by atoms with Crippen LogP contribution in [0.1, 0.15) is 11.4 Å². The van der Waals surface area contributed by atoms with Crippen molar-refractivity contribution in [2.45, 2.75) is 13.5 Å². The lowest BCUT2D eigenvalue weighted by Gasteiger charge is -2.11. The highest BCUT2D eigenvalue weighted by atomic mass is 35.5. The fraction of sp³-hybridized carbons (Fsp3) is 0.417. The van der Waals surface area contributed by atoms with Crippen LogP contribution in [0.3, 0.4) is 0 Å². The van der Waals surface area contributed by atoms with E-state index in [0.717, 1.165) is 5.56 Å². The van der Waals surface area contributed by atoms with E-state index in [4.69, 9.17) is 27.9 Å². The third kappa shape index (κ3) is 3.27. The van der Waals surface area contributed by atoms with Crippen LogP contribution in [0.2, 0.25) is 10.0 Å². The summed E-state index contributed by atoms with van der Waals surface area (Å²) in [5, 5.41) is 15.9. The van der Waals surface area contributed by atoms with Crippen LogP contribution in [0, 0.1) is 6.92 Å². The van der Waals surface area contributed by atoms with E-state index in [9.17, 15) is 0 Å². The van der Waals surface area contributed by atoms with Crippen LogP contribution in [-0.4, -0.2) is 40.5 Å². The summed E-state index contributed by atoms with van der Waals surface area (Å²) in [5.74, 6) is 0.635. The van der Waals surface area contributed by atoms with E-state index >= 15 is 0 Å². The normalized spacial score (nSPS) is 11.0. The molecule has 8 heteroatoms. The number of aryl methyl sites for hydroxylation is 1. The number of methoxy groups -OCH3 is 1. The summed E-state index contributed by atoms with van der Waals surface area (Å²) in [6.45, 7) is 3.73. The zero-order valence-corrected chi connectivity index (χ0v) is 12.7. The summed E-state index contributed by atoms with van der Waals surface area (Å²) in [7, 11) is 1.65. The predicted molar refractivity (Wildman–Crippen MR) is 77.5 cm³/mol. The Morgan fingerprint density at radius 1 is 1.35 bits per heavy atom. The standard InChI is InChI=1S/C12H15Cl2N5O/c1-8-3-4-9(13)12(11(8)14)19-10(16-17-18-19)7-15-5-6-20-2/h3-4,15H,5-7H2,1-2H3. The molecule has 1 heterocycles. The molecule has 0 spiro atoms. The average Bonchev–Trinajstić information content (AvgIpc) is 2.88. The second kappa shape index (κ2) is 6.99. The average molecular weight is 316 g/mol. The molecular weight excluding hydrogens is 301 g/mol. The van der Waals surface area contributed by atoms with Crippen molar-refractivity contribution in [1.82, 2.24) is 25.5 Å². The van der Waals surface area contributed by atoms with Crippen molar-refractivity contribution < 1.29 is 4.74 Å². The third-order valence-electron chi connectivity index (χ3n) is 2.77. The molecule has 0 atom stereocenters. The first kappa shape index (κ1) is 15.2. The van der Waals surface area contributed by atoms with Crippen LogP contribution >= 0.6 is 23.2 Å².